The van der Waals surface area contributed by atoms with E-state index in [4.69, 9.17) is 4.98 Å². The summed E-state index contributed by atoms with van der Waals surface area (Å²) in [5.74, 6) is 2.27. The predicted octanol–water partition coefficient (Wildman–Crippen LogP) is 3.60. The molecule has 3 unspecified atom stereocenters. The molecule has 112 valence electrons. The summed E-state index contributed by atoms with van der Waals surface area (Å²) in [6.07, 6.45) is 1.26. The first-order chi connectivity index (χ1) is 10.1. The maximum atomic E-state index is 9.76. The quantitative estimate of drug-likeness (QED) is 0.915. The van der Waals surface area contributed by atoms with Crippen LogP contribution in [0.15, 0.2) is 30.3 Å². The largest absolute Gasteiger partial charge is 0.392 e. The third-order valence-corrected chi connectivity index (χ3v) is 4.82. The van der Waals surface area contributed by atoms with Gasteiger partial charge in [-0.15, -0.1) is 0 Å². The van der Waals surface area contributed by atoms with Crippen molar-refractivity contribution in [1.82, 2.24) is 4.98 Å². The maximum absolute atomic E-state index is 9.76. The zero-order valence-electron chi connectivity index (χ0n) is 13.1. The van der Waals surface area contributed by atoms with Crippen LogP contribution in [0.5, 0.6) is 0 Å². The van der Waals surface area contributed by atoms with Crippen LogP contribution in [-0.4, -0.2) is 22.7 Å². The molecule has 3 atom stereocenters. The number of aliphatic hydroxyl groups excluding tert-OH is 1. The summed E-state index contributed by atoms with van der Waals surface area (Å²) in [6.45, 7) is 7.94. The molecular formula is C18H24N2O. The number of benzene rings is 1. The molecule has 3 rings (SSSR count). The van der Waals surface area contributed by atoms with Gasteiger partial charge in [0.2, 0.25) is 0 Å². The third-order valence-electron chi connectivity index (χ3n) is 4.82. The van der Waals surface area contributed by atoms with Crippen LogP contribution in [-0.2, 0) is 6.61 Å². The van der Waals surface area contributed by atoms with Crippen molar-refractivity contribution < 1.29 is 5.11 Å². The lowest BCUT2D eigenvalue weighted by molar-refractivity contribution is 0.275. The van der Waals surface area contributed by atoms with Crippen LogP contribution in [0.2, 0.25) is 0 Å². The molecule has 0 amide bonds. The van der Waals surface area contributed by atoms with Crippen LogP contribution >= 0.6 is 0 Å². The van der Waals surface area contributed by atoms with Crippen molar-refractivity contribution in [3.63, 3.8) is 0 Å². The smallest absolute Gasteiger partial charge is 0.135 e. The summed E-state index contributed by atoms with van der Waals surface area (Å²) in [7, 11) is 0. The Morgan fingerprint density at radius 2 is 2.00 bits per heavy atom. The normalized spacial score (nSPS) is 26.3. The minimum Gasteiger partial charge on any atom is -0.392 e. The van der Waals surface area contributed by atoms with Crippen LogP contribution in [0.3, 0.4) is 0 Å². The molecule has 1 saturated heterocycles. The molecule has 2 aromatic rings. The molecule has 1 fully saturated rings. The lowest BCUT2D eigenvalue weighted by Gasteiger charge is -2.42. The Bertz CT molecular complexity index is 640. The van der Waals surface area contributed by atoms with E-state index in [0.29, 0.717) is 17.9 Å². The van der Waals surface area contributed by atoms with Gasteiger partial charge in [0.15, 0.2) is 0 Å². The van der Waals surface area contributed by atoms with E-state index in [1.165, 1.54) is 6.42 Å². The fourth-order valence-corrected chi connectivity index (χ4v) is 3.51. The molecule has 1 aromatic heterocycles. The Labute approximate surface area is 126 Å². The van der Waals surface area contributed by atoms with E-state index >= 15 is 0 Å². The van der Waals surface area contributed by atoms with Crippen molar-refractivity contribution in [3.8, 4) is 0 Å². The van der Waals surface area contributed by atoms with Gasteiger partial charge in [0.05, 0.1) is 12.1 Å². The van der Waals surface area contributed by atoms with Crippen molar-refractivity contribution in [3.05, 3.63) is 35.9 Å². The lowest BCUT2D eigenvalue weighted by Crippen LogP contribution is -2.46. The van der Waals surface area contributed by atoms with Gasteiger partial charge >= 0.3 is 0 Å². The molecule has 1 aliphatic heterocycles. The van der Waals surface area contributed by atoms with Crippen LogP contribution in [0.1, 0.15) is 32.8 Å². The minimum atomic E-state index is 0.0408. The van der Waals surface area contributed by atoms with Gasteiger partial charge < -0.3 is 10.0 Å². The van der Waals surface area contributed by atoms with Gasteiger partial charge in [-0.1, -0.05) is 32.0 Å². The van der Waals surface area contributed by atoms with Gasteiger partial charge in [0.25, 0.3) is 0 Å². The molecule has 3 nitrogen and oxygen atoms in total. The van der Waals surface area contributed by atoms with Crippen LogP contribution in [0.25, 0.3) is 10.9 Å². The molecule has 21 heavy (non-hydrogen) atoms. The number of nitrogens with zero attached hydrogens (tertiary/aromatic N) is 2. The molecular weight excluding hydrogens is 260 g/mol. The van der Waals surface area contributed by atoms with Gasteiger partial charge in [-0.3, -0.25) is 0 Å². The highest BCUT2D eigenvalue weighted by Gasteiger charge is 2.30. The second kappa shape index (κ2) is 5.64. The van der Waals surface area contributed by atoms with E-state index in [9.17, 15) is 5.11 Å². The fourth-order valence-electron chi connectivity index (χ4n) is 3.51. The van der Waals surface area contributed by atoms with Gasteiger partial charge in [0, 0.05) is 23.5 Å². The van der Waals surface area contributed by atoms with Crippen molar-refractivity contribution in [2.24, 2.45) is 11.8 Å². The second-order valence-electron chi connectivity index (χ2n) is 6.53. The van der Waals surface area contributed by atoms with E-state index in [1.54, 1.807) is 0 Å². The number of fused-ring (bicyclic) bond motifs is 1. The first-order valence-electron chi connectivity index (χ1n) is 7.86. The SMILES string of the molecule is CC1CC(C)C(C)N(c2nc3ccccc3cc2CO)C1. The van der Waals surface area contributed by atoms with E-state index in [-0.39, 0.29) is 6.61 Å². The standard InChI is InChI=1S/C18H24N2O/c1-12-8-13(2)14(3)20(10-12)18-16(11-21)9-15-6-4-5-7-17(15)19-18/h4-7,9,12-14,21H,8,10-11H2,1-3H3. The molecule has 0 bridgehead atoms. The Kier molecular flexibility index (Phi) is 3.85. The third kappa shape index (κ3) is 2.62. The van der Waals surface area contributed by atoms with Gasteiger partial charge in [-0.05, 0) is 37.3 Å². The number of para-hydroxylation sites is 1. The number of hydrogen-bond donors (Lipinski definition) is 1. The van der Waals surface area contributed by atoms with Crippen molar-refractivity contribution in [2.75, 3.05) is 11.4 Å². The molecule has 1 aliphatic rings. The van der Waals surface area contributed by atoms with Gasteiger partial charge in [-0.25, -0.2) is 4.98 Å². The highest BCUT2D eigenvalue weighted by atomic mass is 16.3. The molecule has 0 aliphatic carbocycles. The summed E-state index contributed by atoms with van der Waals surface area (Å²) >= 11 is 0. The zero-order valence-corrected chi connectivity index (χ0v) is 13.1. The van der Waals surface area contributed by atoms with Crippen molar-refractivity contribution in [2.45, 2.75) is 39.8 Å². The Hall–Kier alpha value is -1.61. The molecule has 0 saturated carbocycles. The van der Waals surface area contributed by atoms with E-state index < -0.39 is 0 Å². The number of anilines is 1. The first kappa shape index (κ1) is 14.3. The summed E-state index contributed by atoms with van der Waals surface area (Å²) in [5, 5.41) is 10.9. The van der Waals surface area contributed by atoms with Crippen LogP contribution in [0, 0.1) is 11.8 Å². The van der Waals surface area contributed by atoms with Gasteiger partial charge in [-0.2, -0.15) is 0 Å². The minimum absolute atomic E-state index is 0.0408. The van der Waals surface area contributed by atoms with Gasteiger partial charge in [0.1, 0.15) is 5.82 Å². The van der Waals surface area contributed by atoms with Crippen molar-refractivity contribution >= 4 is 16.7 Å². The van der Waals surface area contributed by atoms with Crippen molar-refractivity contribution in [1.29, 1.82) is 0 Å². The lowest BCUT2D eigenvalue weighted by atomic mass is 9.86. The molecule has 0 radical (unpaired) electrons. The average Bonchev–Trinajstić information content (AvgIpc) is 2.49. The van der Waals surface area contributed by atoms with E-state index in [2.05, 4.69) is 37.8 Å². The topological polar surface area (TPSA) is 36.4 Å². The highest BCUT2D eigenvalue weighted by Crippen LogP contribution is 2.33. The number of rotatable bonds is 2. The maximum Gasteiger partial charge on any atom is 0.135 e. The number of aromatic nitrogens is 1. The number of pyridine rings is 1. The summed E-state index contributed by atoms with van der Waals surface area (Å²) in [4.78, 5) is 7.24. The fraction of sp³-hybridized carbons (Fsp3) is 0.500. The number of hydrogen-bond acceptors (Lipinski definition) is 3. The van der Waals surface area contributed by atoms with Crippen LogP contribution < -0.4 is 4.90 Å². The molecule has 1 N–H and O–H groups in total. The Balaban J connectivity index is 2.09. The van der Waals surface area contributed by atoms with E-state index in [0.717, 1.165) is 28.8 Å². The molecule has 0 spiro atoms. The molecule has 3 heteroatoms. The number of aliphatic hydroxyl groups is 1. The number of piperidine rings is 1. The molecule has 1 aromatic carbocycles. The first-order valence-corrected chi connectivity index (χ1v) is 7.86. The second-order valence-corrected chi connectivity index (χ2v) is 6.53. The van der Waals surface area contributed by atoms with E-state index in [1.807, 2.05) is 18.2 Å². The Morgan fingerprint density at radius 3 is 2.76 bits per heavy atom. The summed E-state index contributed by atoms with van der Waals surface area (Å²) in [5.41, 5.74) is 1.93. The predicted molar refractivity (Wildman–Crippen MR) is 87.4 cm³/mol. The highest BCUT2D eigenvalue weighted by molar-refractivity contribution is 5.81. The Morgan fingerprint density at radius 1 is 1.24 bits per heavy atom. The average molecular weight is 284 g/mol. The monoisotopic (exact) mass is 284 g/mol. The summed E-state index contributed by atoms with van der Waals surface area (Å²) < 4.78 is 0. The van der Waals surface area contributed by atoms with Crippen LogP contribution in [0.4, 0.5) is 5.82 Å². The summed E-state index contributed by atoms with van der Waals surface area (Å²) in [6, 6.07) is 10.7. The molecule has 2 heterocycles. The zero-order chi connectivity index (χ0) is 15.0.